The number of rotatable bonds is 5. The number of amides is 1. The molecule has 2 fully saturated rings. The number of piperidine rings is 2. The van der Waals surface area contributed by atoms with Crippen LogP contribution in [0.25, 0.3) is 0 Å². The first-order valence-corrected chi connectivity index (χ1v) is 9.73. The molecular weight excluding hydrogens is 445 g/mol. The monoisotopic (exact) mass is 481 g/mol. The maximum absolute atomic E-state index is 11.7. The summed E-state index contributed by atoms with van der Waals surface area (Å²) in [6.07, 6.45) is 4.27. The molecule has 2 rings (SSSR count). The summed E-state index contributed by atoms with van der Waals surface area (Å²) in [5, 5.41) is 6.90. The smallest absolute Gasteiger partial charge is 0.409 e. The lowest BCUT2D eigenvalue weighted by molar-refractivity contribution is 0.0963. The van der Waals surface area contributed by atoms with E-state index in [-0.39, 0.29) is 30.1 Å². The molecule has 2 N–H and O–H groups in total. The Morgan fingerprint density at radius 1 is 1.15 bits per heavy atom. The normalized spacial score (nSPS) is 20.4. The molecule has 0 saturated carbocycles. The fourth-order valence-electron chi connectivity index (χ4n) is 3.43. The van der Waals surface area contributed by atoms with E-state index >= 15 is 0 Å². The molecule has 0 radical (unpaired) electrons. The number of guanidine groups is 1. The molecule has 0 aromatic carbocycles. The van der Waals surface area contributed by atoms with E-state index in [1.54, 1.807) is 4.90 Å². The Morgan fingerprint density at radius 2 is 1.81 bits per heavy atom. The molecule has 2 aliphatic heterocycles. The van der Waals surface area contributed by atoms with E-state index in [0.717, 1.165) is 50.9 Å². The van der Waals surface area contributed by atoms with Gasteiger partial charge in [-0.2, -0.15) is 0 Å². The van der Waals surface area contributed by atoms with Crippen molar-refractivity contribution in [1.82, 2.24) is 20.4 Å². The lowest BCUT2D eigenvalue weighted by Crippen LogP contribution is -2.50. The summed E-state index contributed by atoms with van der Waals surface area (Å²) in [7, 11) is 1.81. The third-order valence-electron chi connectivity index (χ3n) is 5.18. The molecule has 0 aromatic rings. The van der Waals surface area contributed by atoms with Crippen LogP contribution in [0.4, 0.5) is 4.79 Å². The summed E-state index contributed by atoms with van der Waals surface area (Å²) in [5.41, 5.74) is 0. The molecular formula is C18H36IN5O2. The van der Waals surface area contributed by atoms with Gasteiger partial charge in [0.1, 0.15) is 0 Å². The number of nitrogens with zero attached hydrogens (tertiary/aromatic N) is 3. The Bertz CT molecular complexity index is 433. The van der Waals surface area contributed by atoms with Crippen molar-refractivity contribution < 1.29 is 9.53 Å². The van der Waals surface area contributed by atoms with Crippen molar-refractivity contribution in [3.63, 3.8) is 0 Å². The average molecular weight is 481 g/mol. The van der Waals surface area contributed by atoms with Crippen LogP contribution in [0.3, 0.4) is 0 Å². The fourth-order valence-corrected chi connectivity index (χ4v) is 3.43. The first kappa shape index (κ1) is 23.3. The Kier molecular flexibility index (Phi) is 11.3. The highest BCUT2D eigenvalue weighted by Gasteiger charge is 2.24. The van der Waals surface area contributed by atoms with Crippen LogP contribution in [-0.4, -0.2) is 80.8 Å². The number of aliphatic imine (C=N–C) groups is 1. The van der Waals surface area contributed by atoms with E-state index in [4.69, 9.17) is 4.74 Å². The van der Waals surface area contributed by atoms with Gasteiger partial charge in [-0.05, 0) is 51.6 Å². The highest BCUT2D eigenvalue weighted by Crippen LogP contribution is 2.15. The zero-order valence-electron chi connectivity index (χ0n) is 16.5. The number of hydrogen-bond donors (Lipinski definition) is 2. The highest BCUT2D eigenvalue weighted by atomic mass is 127. The van der Waals surface area contributed by atoms with Crippen LogP contribution in [0, 0.1) is 5.92 Å². The predicted molar refractivity (Wildman–Crippen MR) is 116 cm³/mol. The number of carbonyl (C=O) groups excluding carboxylic acids is 1. The van der Waals surface area contributed by atoms with Gasteiger partial charge in [-0.15, -0.1) is 24.0 Å². The number of likely N-dealkylation sites (tertiary alicyclic amines) is 2. The first-order valence-electron chi connectivity index (χ1n) is 9.73. The summed E-state index contributed by atoms with van der Waals surface area (Å²) >= 11 is 0. The number of nitrogens with one attached hydrogen (secondary N) is 2. The van der Waals surface area contributed by atoms with Gasteiger partial charge in [0.05, 0.1) is 6.61 Å². The molecule has 0 spiro atoms. The summed E-state index contributed by atoms with van der Waals surface area (Å²) in [5.74, 6) is 1.74. The highest BCUT2D eigenvalue weighted by molar-refractivity contribution is 14.0. The Morgan fingerprint density at radius 3 is 2.38 bits per heavy atom. The minimum Gasteiger partial charge on any atom is -0.450 e. The molecule has 7 nitrogen and oxygen atoms in total. The second kappa shape index (κ2) is 12.6. The van der Waals surface area contributed by atoms with Crippen molar-refractivity contribution in [1.29, 1.82) is 0 Å². The molecule has 26 heavy (non-hydrogen) atoms. The minimum absolute atomic E-state index is 0. The molecule has 0 unspecified atom stereocenters. The van der Waals surface area contributed by atoms with Crippen LogP contribution in [-0.2, 0) is 4.74 Å². The van der Waals surface area contributed by atoms with Crippen LogP contribution in [0.1, 0.15) is 39.5 Å². The van der Waals surface area contributed by atoms with Gasteiger partial charge in [-0.25, -0.2) is 4.79 Å². The zero-order chi connectivity index (χ0) is 18.1. The summed E-state index contributed by atoms with van der Waals surface area (Å²) in [6.45, 7) is 10.5. The maximum Gasteiger partial charge on any atom is 0.409 e. The summed E-state index contributed by atoms with van der Waals surface area (Å²) in [6, 6.07) is 0.354. The maximum atomic E-state index is 11.7. The molecule has 0 aromatic heterocycles. The predicted octanol–water partition coefficient (Wildman–Crippen LogP) is 2.12. The molecule has 0 aliphatic carbocycles. The second-order valence-electron chi connectivity index (χ2n) is 7.13. The van der Waals surface area contributed by atoms with Gasteiger partial charge in [-0.3, -0.25) is 4.99 Å². The molecule has 2 saturated heterocycles. The van der Waals surface area contributed by atoms with Gasteiger partial charge in [-0.1, -0.05) is 6.92 Å². The van der Waals surface area contributed by atoms with Gasteiger partial charge in [0.25, 0.3) is 0 Å². The summed E-state index contributed by atoms with van der Waals surface area (Å²) in [4.78, 5) is 20.4. The third-order valence-corrected chi connectivity index (χ3v) is 5.18. The van der Waals surface area contributed by atoms with Crippen molar-refractivity contribution >= 4 is 36.0 Å². The molecule has 0 atom stereocenters. The molecule has 8 heteroatoms. The fraction of sp³-hybridized carbons (Fsp3) is 0.889. The first-order chi connectivity index (χ1) is 12.1. The number of ether oxygens (including phenoxy) is 1. The molecule has 1 amide bonds. The van der Waals surface area contributed by atoms with Crippen molar-refractivity contribution in [2.75, 3.05) is 52.9 Å². The number of carbonyl (C=O) groups is 1. The summed E-state index contributed by atoms with van der Waals surface area (Å²) < 4.78 is 5.06. The molecule has 152 valence electrons. The molecule has 2 aliphatic rings. The van der Waals surface area contributed by atoms with Crippen LogP contribution in [0.15, 0.2) is 4.99 Å². The molecule has 0 bridgehead atoms. The van der Waals surface area contributed by atoms with Gasteiger partial charge in [0, 0.05) is 39.3 Å². The zero-order valence-corrected chi connectivity index (χ0v) is 18.8. The lowest BCUT2D eigenvalue weighted by Gasteiger charge is -2.33. The Hall–Kier alpha value is -0.770. The minimum atomic E-state index is -0.195. The second-order valence-corrected chi connectivity index (χ2v) is 7.13. The van der Waals surface area contributed by atoms with Gasteiger partial charge in [0.2, 0.25) is 0 Å². The largest absolute Gasteiger partial charge is 0.450 e. The Balaban J connectivity index is 0.00000338. The Labute approximate surface area is 175 Å². The number of halogens is 1. The number of hydrogen-bond acceptors (Lipinski definition) is 4. The van der Waals surface area contributed by atoms with E-state index in [2.05, 4.69) is 27.4 Å². The van der Waals surface area contributed by atoms with Crippen LogP contribution >= 0.6 is 24.0 Å². The quantitative estimate of drug-likeness (QED) is 0.358. The van der Waals surface area contributed by atoms with E-state index in [0.29, 0.717) is 12.6 Å². The average Bonchev–Trinajstić information content (AvgIpc) is 2.63. The van der Waals surface area contributed by atoms with E-state index < -0.39 is 0 Å². The molecule has 2 heterocycles. The van der Waals surface area contributed by atoms with Crippen LogP contribution in [0.2, 0.25) is 0 Å². The van der Waals surface area contributed by atoms with Gasteiger partial charge >= 0.3 is 6.09 Å². The van der Waals surface area contributed by atoms with Crippen LogP contribution in [0.5, 0.6) is 0 Å². The van der Waals surface area contributed by atoms with E-state index in [1.165, 1.54) is 25.9 Å². The lowest BCUT2D eigenvalue weighted by atomic mass is 9.99. The van der Waals surface area contributed by atoms with E-state index in [1.807, 2.05) is 14.0 Å². The topological polar surface area (TPSA) is 69.2 Å². The van der Waals surface area contributed by atoms with Crippen molar-refractivity contribution in [2.45, 2.75) is 45.6 Å². The van der Waals surface area contributed by atoms with Crippen molar-refractivity contribution in [3.05, 3.63) is 0 Å². The van der Waals surface area contributed by atoms with E-state index in [9.17, 15) is 4.79 Å². The van der Waals surface area contributed by atoms with Crippen LogP contribution < -0.4 is 10.6 Å². The standard InChI is InChI=1S/C18H35N5O2.HI/c1-4-25-18(24)23-12-7-16(8-13-23)21-17(19-3)20-9-14-22-10-5-15(2)6-11-22;/h15-16H,4-14H2,1-3H3,(H2,19,20,21);1H. The SMILES string of the molecule is CCOC(=O)N1CCC(NC(=NC)NCCN2CCC(C)CC2)CC1.I. The van der Waals surface area contributed by atoms with Gasteiger partial charge in [0.15, 0.2) is 5.96 Å². The van der Waals surface area contributed by atoms with Crippen molar-refractivity contribution in [2.24, 2.45) is 10.9 Å². The van der Waals surface area contributed by atoms with Gasteiger partial charge < -0.3 is 25.2 Å². The third kappa shape index (κ3) is 7.85. The van der Waals surface area contributed by atoms with Crippen molar-refractivity contribution in [3.8, 4) is 0 Å².